The lowest BCUT2D eigenvalue weighted by molar-refractivity contribution is -0.135. The van der Waals surface area contributed by atoms with Gasteiger partial charge in [-0.15, -0.1) is 0 Å². The summed E-state index contributed by atoms with van der Waals surface area (Å²) in [6.45, 7) is 9.04. The number of nitrogens with one attached hydrogen (secondary N) is 3. The van der Waals surface area contributed by atoms with Crippen molar-refractivity contribution in [3.63, 3.8) is 0 Å². The molecule has 4 rings (SSSR count). The van der Waals surface area contributed by atoms with Gasteiger partial charge in [0.1, 0.15) is 17.4 Å². The summed E-state index contributed by atoms with van der Waals surface area (Å²) < 4.78 is 28.1. The molecule has 0 aromatic heterocycles. The highest BCUT2D eigenvalue weighted by Gasteiger charge is 2.34. The van der Waals surface area contributed by atoms with Crippen molar-refractivity contribution < 1.29 is 43.2 Å². The molecule has 3 amide bonds. The molecule has 298 valence electrons. The lowest BCUT2D eigenvalue weighted by Gasteiger charge is -2.28. The molecule has 0 saturated carbocycles. The lowest BCUT2D eigenvalue weighted by atomic mass is 9.92. The summed E-state index contributed by atoms with van der Waals surface area (Å²) in [5.74, 6) is 0.721. The van der Waals surface area contributed by atoms with Crippen LogP contribution in [0.5, 0.6) is 23.0 Å². The van der Waals surface area contributed by atoms with Crippen LogP contribution in [-0.2, 0) is 27.2 Å². The fraction of sp³-hybridized carbons (Fsp3) is 0.452. The summed E-state index contributed by atoms with van der Waals surface area (Å²) in [6.07, 6.45) is 0.872. The molecule has 3 aromatic rings. The maximum Gasteiger partial charge on any atom is 0.407 e. The van der Waals surface area contributed by atoms with E-state index in [4.69, 9.17) is 29.4 Å². The summed E-state index contributed by atoms with van der Waals surface area (Å²) in [5, 5.41) is 20.0. The quantitative estimate of drug-likeness (QED) is 0.129. The standard InChI is InChI=1S/C42H56N4O9/c1-24(2)19-33(45-40(49)36(47)32(20-25-13-11-10-12-14-25)46-41(50)55-42(3,4)5)39(48)44-27-16-17-28-30(23-35(52-7)38(54-9)37(28)53-8)29(22-27)26-15-18-34(51-6)31(43)21-26/h10-15,18,21-24,27,32-33,36,47H,16-17,19-20,43H2,1-9H3,(H,44,48)(H,45,49)(H,46,50). The average molecular weight is 761 g/mol. The van der Waals surface area contributed by atoms with Crippen molar-refractivity contribution in [1.82, 2.24) is 16.0 Å². The molecule has 1 aliphatic carbocycles. The Labute approximate surface area is 323 Å². The van der Waals surface area contributed by atoms with Crippen LogP contribution in [0.4, 0.5) is 10.5 Å². The van der Waals surface area contributed by atoms with Crippen LogP contribution in [0.15, 0.2) is 60.7 Å². The first-order valence-corrected chi connectivity index (χ1v) is 18.4. The number of hydrogen-bond acceptors (Lipinski definition) is 10. The van der Waals surface area contributed by atoms with E-state index in [1.807, 2.05) is 68.5 Å². The molecule has 0 bridgehead atoms. The van der Waals surface area contributed by atoms with Gasteiger partial charge in [0, 0.05) is 11.6 Å². The topological polar surface area (TPSA) is 180 Å². The highest BCUT2D eigenvalue weighted by atomic mass is 16.6. The number of anilines is 1. The molecule has 4 unspecified atom stereocenters. The van der Waals surface area contributed by atoms with Gasteiger partial charge in [-0.05, 0) is 92.8 Å². The third-order valence-corrected chi connectivity index (χ3v) is 9.15. The van der Waals surface area contributed by atoms with E-state index >= 15 is 0 Å². The predicted octanol–water partition coefficient (Wildman–Crippen LogP) is 5.19. The molecule has 0 radical (unpaired) electrons. The molecule has 0 saturated heterocycles. The van der Waals surface area contributed by atoms with E-state index in [9.17, 15) is 19.5 Å². The van der Waals surface area contributed by atoms with Crippen LogP contribution in [0.3, 0.4) is 0 Å². The van der Waals surface area contributed by atoms with Crippen LogP contribution in [0, 0.1) is 5.92 Å². The minimum Gasteiger partial charge on any atom is -0.495 e. The van der Waals surface area contributed by atoms with Gasteiger partial charge < -0.3 is 50.5 Å². The van der Waals surface area contributed by atoms with Crippen LogP contribution < -0.4 is 40.6 Å². The molecule has 0 aliphatic heterocycles. The largest absolute Gasteiger partial charge is 0.495 e. The number of benzene rings is 3. The number of alkyl carbamates (subject to hydrolysis) is 1. The average Bonchev–Trinajstić information content (AvgIpc) is 3.31. The predicted molar refractivity (Wildman–Crippen MR) is 212 cm³/mol. The molecule has 4 atom stereocenters. The number of nitrogens with two attached hydrogens (primary N) is 1. The molecule has 0 heterocycles. The van der Waals surface area contributed by atoms with Crippen molar-refractivity contribution in [2.75, 3.05) is 34.2 Å². The molecular weight excluding hydrogens is 704 g/mol. The van der Waals surface area contributed by atoms with Crippen molar-refractivity contribution in [2.24, 2.45) is 5.92 Å². The second kappa shape index (κ2) is 18.7. The smallest absolute Gasteiger partial charge is 0.407 e. The van der Waals surface area contributed by atoms with Crippen LogP contribution in [0.25, 0.3) is 5.57 Å². The Kier molecular flexibility index (Phi) is 14.4. The summed E-state index contributed by atoms with van der Waals surface area (Å²) in [6, 6.07) is 14.0. The number of carbonyl (C=O) groups excluding carboxylic acids is 3. The molecule has 0 spiro atoms. The molecule has 3 aromatic carbocycles. The van der Waals surface area contributed by atoms with Crippen molar-refractivity contribution in [1.29, 1.82) is 0 Å². The first-order chi connectivity index (χ1) is 26.1. The SMILES string of the molecule is COc1ccc(C2=CC(NC(=O)C(CC(C)C)NC(=O)C(O)C(Cc3ccccc3)NC(=O)OC(C)(C)C)CCc3c2cc(OC)c(OC)c3OC)cc1N. The van der Waals surface area contributed by atoms with Gasteiger partial charge in [-0.2, -0.15) is 0 Å². The number of nitrogen functional groups attached to an aromatic ring is 1. The normalized spacial score (nSPS) is 15.6. The maximum absolute atomic E-state index is 14.2. The molecule has 6 N–H and O–H groups in total. The number of amides is 3. The van der Waals surface area contributed by atoms with Gasteiger partial charge in [-0.1, -0.05) is 56.3 Å². The van der Waals surface area contributed by atoms with E-state index in [0.29, 0.717) is 41.5 Å². The molecular formula is C42H56N4O9. The van der Waals surface area contributed by atoms with Crippen molar-refractivity contribution in [3.05, 3.63) is 82.9 Å². The monoisotopic (exact) mass is 760 g/mol. The first kappa shape index (κ1) is 42.3. The number of methoxy groups -OCH3 is 4. The Morgan fingerprint density at radius 2 is 1.55 bits per heavy atom. The van der Waals surface area contributed by atoms with Crippen LogP contribution >= 0.6 is 0 Å². The van der Waals surface area contributed by atoms with Gasteiger partial charge in [0.2, 0.25) is 11.7 Å². The second-order valence-corrected chi connectivity index (χ2v) is 14.9. The number of hydrogen-bond donors (Lipinski definition) is 5. The van der Waals surface area contributed by atoms with Crippen molar-refractivity contribution in [2.45, 2.75) is 90.1 Å². The minimum absolute atomic E-state index is 0.00385. The zero-order valence-corrected chi connectivity index (χ0v) is 33.3. The zero-order valence-electron chi connectivity index (χ0n) is 33.3. The van der Waals surface area contributed by atoms with E-state index in [0.717, 1.165) is 27.8 Å². The summed E-state index contributed by atoms with van der Waals surface area (Å²) in [4.78, 5) is 40.7. The van der Waals surface area contributed by atoms with Gasteiger partial charge in [-0.3, -0.25) is 9.59 Å². The Bertz CT molecular complexity index is 1840. The van der Waals surface area contributed by atoms with E-state index in [1.54, 1.807) is 55.3 Å². The highest BCUT2D eigenvalue weighted by molar-refractivity contribution is 5.91. The second-order valence-electron chi connectivity index (χ2n) is 14.9. The Morgan fingerprint density at radius 1 is 0.873 bits per heavy atom. The van der Waals surface area contributed by atoms with Crippen molar-refractivity contribution in [3.8, 4) is 23.0 Å². The first-order valence-electron chi connectivity index (χ1n) is 18.4. The van der Waals surface area contributed by atoms with Crippen LogP contribution in [0.1, 0.15) is 69.7 Å². The van der Waals surface area contributed by atoms with Crippen LogP contribution in [-0.4, -0.2) is 81.3 Å². The Hall–Kier alpha value is -5.43. The van der Waals surface area contributed by atoms with Gasteiger partial charge in [0.15, 0.2) is 17.6 Å². The number of ether oxygens (including phenoxy) is 5. The van der Waals surface area contributed by atoms with Crippen LogP contribution in [0.2, 0.25) is 0 Å². The van der Waals surface area contributed by atoms with Gasteiger partial charge in [0.25, 0.3) is 5.91 Å². The molecule has 13 heteroatoms. The molecule has 0 fully saturated rings. The Morgan fingerprint density at radius 3 is 2.13 bits per heavy atom. The van der Waals surface area contributed by atoms with Crippen molar-refractivity contribution >= 4 is 29.2 Å². The number of rotatable bonds is 15. The summed E-state index contributed by atoms with van der Waals surface area (Å²) in [7, 11) is 6.21. The zero-order chi connectivity index (χ0) is 40.4. The van der Waals surface area contributed by atoms with Gasteiger partial charge >= 0.3 is 6.09 Å². The summed E-state index contributed by atoms with van der Waals surface area (Å²) >= 11 is 0. The lowest BCUT2D eigenvalue weighted by Crippen LogP contribution is -2.57. The fourth-order valence-corrected chi connectivity index (χ4v) is 6.64. The maximum atomic E-state index is 14.2. The third-order valence-electron chi connectivity index (χ3n) is 9.15. The van der Waals surface area contributed by atoms with Gasteiger partial charge in [0.05, 0.1) is 40.2 Å². The van der Waals surface area contributed by atoms with E-state index in [1.165, 1.54) is 0 Å². The number of carbonyl (C=O) groups is 3. The molecule has 13 nitrogen and oxygen atoms in total. The number of aliphatic hydroxyl groups excluding tert-OH is 1. The summed E-state index contributed by atoms with van der Waals surface area (Å²) in [5.41, 5.74) is 9.99. The number of fused-ring (bicyclic) bond motifs is 1. The molecule has 1 aliphatic rings. The highest BCUT2D eigenvalue weighted by Crippen LogP contribution is 2.47. The van der Waals surface area contributed by atoms with E-state index < -0.39 is 47.7 Å². The van der Waals surface area contributed by atoms with E-state index in [2.05, 4.69) is 16.0 Å². The minimum atomic E-state index is -1.70. The third kappa shape index (κ3) is 11.1. The fourth-order valence-electron chi connectivity index (χ4n) is 6.64. The number of aliphatic hydroxyl groups is 1. The molecule has 55 heavy (non-hydrogen) atoms. The Balaban J connectivity index is 1.66. The van der Waals surface area contributed by atoms with Gasteiger partial charge in [-0.25, -0.2) is 4.79 Å². The van der Waals surface area contributed by atoms with E-state index in [-0.39, 0.29) is 18.8 Å².